The first-order chi connectivity index (χ1) is 13.0. The number of benzene rings is 1. The van der Waals surface area contributed by atoms with Crippen molar-refractivity contribution in [1.29, 1.82) is 0 Å². The van der Waals surface area contributed by atoms with E-state index in [2.05, 4.69) is 27.2 Å². The molecule has 1 amide bonds. The van der Waals surface area contributed by atoms with Crippen molar-refractivity contribution >= 4 is 28.5 Å². The highest BCUT2D eigenvalue weighted by atomic mass is 35.5. The Morgan fingerprint density at radius 1 is 1.41 bits per heavy atom. The summed E-state index contributed by atoms with van der Waals surface area (Å²) >= 11 is 6.05. The van der Waals surface area contributed by atoms with Crippen molar-refractivity contribution in [2.24, 2.45) is 0 Å². The van der Waals surface area contributed by atoms with Gasteiger partial charge in [-0.25, -0.2) is 9.37 Å². The van der Waals surface area contributed by atoms with E-state index < -0.39 is 11.7 Å². The Kier molecular flexibility index (Phi) is 5.60. The molecule has 0 aliphatic heterocycles. The minimum atomic E-state index is -0.545. The maximum absolute atomic E-state index is 13.9. The number of nitrogens with zero attached hydrogens (tertiary/aromatic N) is 2. The molecule has 1 aromatic carbocycles. The summed E-state index contributed by atoms with van der Waals surface area (Å²) in [7, 11) is 1.58. The fourth-order valence-corrected chi connectivity index (χ4v) is 3.25. The summed E-state index contributed by atoms with van der Waals surface area (Å²) in [6, 6.07) is 4.01. The number of amides is 1. The smallest absolute Gasteiger partial charge is 0.287 e. The van der Waals surface area contributed by atoms with Crippen LogP contribution in [0.15, 0.2) is 24.4 Å². The average molecular weight is 391 g/mol. The average Bonchev–Trinajstić information content (AvgIpc) is 3.11. The van der Waals surface area contributed by atoms with Crippen LogP contribution in [-0.4, -0.2) is 28.0 Å². The van der Waals surface area contributed by atoms with Gasteiger partial charge in [0.15, 0.2) is 11.6 Å². The van der Waals surface area contributed by atoms with Crippen LogP contribution in [0.1, 0.15) is 48.2 Å². The van der Waals surface area contributed by atoms with Crippen LogP contribution in [0.25, 0.3) is 11.0 Å². The van der Waals surface area contributed by atoms with Crippen LogP contribution in [0, 0.1) is 5.82 Å². The number of hydrogen-bond donors (Lipinski definition) is 2. The van der Waals surface area contributed by atoms with Crippen LogP contribution >= 0.6 is 11.6 Å². The van der Waals surface area contributed by atoms with Crippen LogP contribution in [-0.2, 0) is 6.42 Å². The van der Waals surface area contributed by atoms with Gasteiger partial charge >= 0.3 is 0 Å². The van der Waals surface area contributed by atoms with Crippen molar-refractivity contribution in [2.45, 2.75) is 32.7 Å². The molecule has 2 aromatic heterocycles. The summed E-state index contributed by atoms with van der Waals surface area (Å²) in [6.07, 6.45) is 3.36. The second-order valence-corrected chi connectivity index (χ2v) is 6.56. The first kappa shape index (κ1) is 19.1. The Bertz CT molecular complexity index is 950. The SMILES string of the molecule is CCCc1nccc(OC)c1C(C)NC(=O)c1nc2c(F)ccc(Cl)c2[nH]1. The number of ether oxygens (including phenoxy) is 1. The van der Waals surface area contributed by atoms with Gasteiger partial charge < -0.3 is 15.0 Å². The summed E-state index contributed by atoms with van der Waals surface area (Å²) in [6.45, 7) is 3.90. The number of pyridine rings is 1. The zero-order chi connectivity index (χ0) is 19.6. The molecule has 0 radical (unpaired) electrons. The van der Waals surface area contributed by atoms with Crippen LogP contribution in [0.4, 0.5) is 4.39 Å². The highest BCUT2D eigenvalue weighted by Gasteiger charge is 2.22. The van der Waals surface area contributed by atoms with E-state index in [4.69, 9.17) is 16.3 Å². The number of aromatic amines is 1. The number of nitrogens with one attached hydrogen (secondary N) is 2. The number of carbonyl (C=O) groups is 1. The number of hydrogen-bond acceptors (Lipinski definition) is 4. The number of rotatable bonds is 6. The lowest BCUT2D eigenvalue weighted by Gasteiger charge is -2.19. The Morgan fingerprint density at radius 2 is 2.19 bits per heavy atom. The summed E-state index contributed by atoms with van der Waals surface area (Å²) in [4.78, 5) is 23.9. The molecule has 142 valence electrons. The van der Waals surface area contributed by atoms with E-state index in [-0.39, 0.29) is 17.4 Å². The van der Waals surface area contributed by atoms with Crippen molar-refractivity contribution in [2.75, 3.05) is 7.11 Å². The largest absolute Gasteiger partial charge is 0.496 e. The predicted octanol–water partition coefficient (Wildman–Crippen LogP) is 4.20. The van der Waals surface area contributed by atoms with Gasteiger partial charge in [-0.1, -0.05) is 24.9 Å². The van der Waals surface area contributed by atoms with Crippen molar-refractivity contribution in [3.63, 3.8) is 0 Å². The van der Waals surface area contributed by atoms with Crippen LogP contribution < -0.4 is 10.1 Å². The molecule has 2 N–H and O–H groups in total. The Morgan fingerprint density at radius 3 is 2.85 bits per heavy atom. The van der Waals surface area contributed by atoms with Gasteiger partial charge in [-0.2, -0.15) is 0 Å². The summed E-state index contributed by atoms with van der Waals surface area (Å²) < 4.78 is 19.3. The first-order valence-corrected chi connectivity index (χ1v) is 9.00. The third kappa shape index (κ3) is 3.73. The van der Waals surface area contributed by atoms with Crippen LogP contribution in [0.2, 0.25) is 5.02 Å². The zero-order valence-electron chi connectivity index (χ0n) is 15.3. The van der Waals surface area contributed by atoms with E-state index in [1.54, 1.807) is 19.4 Å². The quantitative estimate of drug-likeness (QED) is 0.661. The van der Waals surface area contributed by atoms with E-state index in [1.165, 1.54) is 12.1 Å². The third-order valence-corrected chi connectivity index (χ3v) is 4.59. The molecule has 3 rings (SSSR count). The molecule has 27 heavy (non-hydrogen) atoms. The highest BCUT2D eigenvalue weighted by Crippen LogP contribution is 2.29. The van der Waals surface area contributed by atoms with Gasteiger partial charge in [0.25, 0.3) is 5.91 Å². The molecule has 0 bridgehead atoms. The van der Waals surface area contributed by atoms with Gasteiger partial charge in [0.05, 0.1) is 23.7 Å². The molecule has 0 spiro atoms. The lowest BCUT2D eigenvalue weighted by Crippen LogP contribution is -2.28. The lowest BCUT2D eigenvalue weighted by molar-refractivity contribution is 0.0930. The molecule has 2 heterocycles. The van der Waals surface area contributed by atoms with E-state index in [0.29, 0.717) is 16.3 Å². The third-order valence-electron chi connectivity index (χ3n) is 4.28. The Balaban J connectivity index is 1.91. The number of H-pyrrole nitrogens is 1. The minimum Gasteiger partial charge on any atom is -0.496 e. The van der Waals surface area contributed by atoms with Crippen LogP contribution in [0.5, 0.6) is 5.75 Å². The molecule has 0 saturated carbocycles. The Hall–Kier alpha value is -2.67. The number of imidazole rings is 1. The topological polar surface area (TPSA) is 79.9 Å². The number of halogens is 2. The summed E-state index contributed by atoms with van der Waals surface area (Å²) in [5.41, 5.74) is 2.00. The molecule has 3 aromatic rings. The normalized spacial score (nSPS) is 12.2. The van der Waals surface area contributed by atoms with Gasteiger partial charge in [-0.05, 0) is 31.5 Å². The second-order valence-electron chi connectivity index (χ2n) is 6.16. The molecule has 1 unspecified atom stereocenters. The molecule has 0 aliphatic carbocycles. The molecule has 8 heteroatoms. The fraction of sp³-hybridized carbons (Fsp3) is 0.316. The number of aromatic nitrogens is 3. The monoisotopic (exact) mass is 390 g/mol. The number of aryl methyl sites for hydroxylation is 1. The van der Waals surface area contributed by atoms with E-state index >= 15 is 0 Å². The molecule has 1 atom stereocenters. The molecular formula is C19H20ClFN4O2. The molecule has 0 saturated heterocycles. The first-order valence-electron chi connectivity index (χ1n) is 8.62. The van der Waals surface area contributed by atoms with Gasteiger partial charge in [0, 0.05) is 17.5 Å². The second kappa shape index (κ2) is 7.92. The Labute approximate surface area is 161 Å². The van der Waals surface area contributed by atoms with Gasteiger partial charge in [0.1, 0.15) is 11.3 Å². The maximum atomic E-state index is 13.9. The number of fused-ring (bicyclic) bond motifs is 1. The predicted molar refractivity (Wildman–Crippen MR) is 102 cm³/mol. The van der Waals surface area contributed by atoms with Gasteiger partial charge in [-0.15, -0.1) is 0 Å². The lowest BCUT2D eigenvalue weighted by atomic mass is 10.0. The van der Waals surface area contributed by atoms with Gasteiger partial charge in [-0.3, -0.25) is 9.78 Å². The van der Waals surface area contributed by atoms with Crippen molar-refractivity contribution in [3.05, 3.63) is 52.3 Å². The zero-order valence-corrected chi connectivity index (χ0v) is 16.0. The summed E-state index contributed by atoms with van der Waals surface area (Å²) in [5.74, 6) is -0.372. The van der Waals surface area contributed by atoms with E-state index in [1.807, 2.05) is 6.92 Å². The highest BCUT2D eigenvalue weighted by molar-refractivity contribution is 6.35. The van der Waals surface area contributed by atoms with Crippen molar-refractivity contribution < 1.29 is 13.9 Å². The summed E-state index contributed by atoms with van der Waals surface area (Å²) in [5, 5.41) is 3.16. The van der Waals surface area contributed by atoms with Crippen molar-refractivity contribution in [3.8, 4) is 5.75 Å². The standard InChI is InChI=1S/C19H20ClFN4O2/c1-4-5-13-15(14(27-3)8-9-22-13)10(2)23-19(26)18-24-16-11(20)6-7-12(21)17(16)25-18/h6-10H,4-5H2,1-3H3,(H,23,26)(H,24,25). The van der Waals surface area contributed by atoms with E-state index in [0.717, 1.165) is 24.1 Å². The molecule has 6 nitrogen and oxygen atoms in total. The van der Waals surface area contributed by atoms with Crippen LogP contribution in [0.3, 0.4) is 0 Å². The number of carbonyl (C=O) groups excluding carboxylic acids is 1. The molecular weight excluding hydrogens is 371 g/mol. The molecule has 0 aliphatic rings. The fourth-order valence-electron chi connectivity index (χ4n) is 3.05. The van der Waals surface area contributed by atoms with Crippen molar-refractivity contribution in [1.82, 2.24) is 20.3 Å². The van der Waals surface area contributed by atoms with Gasteiger partial charge in [0.2, 0.25) is 0 Å². The minimum absolute atomic E-state index is 0.0104. The maximum Gasteiger partial charge on any atom is 0.287 e. The molecule has 0 fully saturated rings. The number of methoxy groups -OCH3 is 1. The van der Waals surface area contributed by atoms with E-state index in [9.17, 15) is 9.18 Å².